The summed E-state index contributed by atoms with van der Waals surface area (Å²) >= 11 is 0. The van der Waals surface area contributed by atoms with Gasteiger partial charge < -0.3 is 14.8 Å². The third kappa shape index (κ3) is 2.89. The van der Waals surface area contributed by atoms with Gasteiger partial charge in [0.1, 0.15) is 0 Å². The molecule has 88 valence electrons. The van der Waals surface area contributed by atoms with Crippen molar-refractivity contribution < 1.29 is 9.47 Å². The molecule has 16 heavy (non-hydrogen) atoms. The lowest BCUT2D eigenvalue weighted by Crippen LogP contribution is -2.06. The van der Waals surface area contributed by atoms with Crippen molar-refractivity contribution in [2.45, 2.75) is 19.4 Å². The lowest BCUT2D eigenvalue weighted by molar-refractivity contribution is 0.280. The molecule has 0 aliphatic heterocycles. The van der Waals surface area contributed by atoms with E-state index in [1.165, 1.54) is 18.4 Å². The lowest BCUT2D eigenvalue weighted by Gasteiger charge is -2.12. The summed E-state index contributed by atoms with van der Waals surface area (Å²) in [6.45, 7) is 1.67. The number of hydrogen-bond acceptors (Lipinski definition) is 3. The molecular weight excluding hydrogens is 202 g/mol. The normalized spacial score (nSPS) is 14.9. The number of benzene rings is 1. The van der Waals surface area contributed by atoms with Crippen LogP contribution in [0.2, 0.25) is 0 Å². The van der Waals surface area contributed by atoms with E-state index in [4.69, 9.17) is 9.47 Å². The zero-order chi connectivity index (χ0) is 11.4. The van der Waals surface area contributed by atoms with Crippen LogP contribution in [0.1, 0.15) is 18.4 Å². The van der Waals surface area contributed by atoms with Crippen LogP contribution in [0.3, 0.4) is 0 Å². The Kier molecular flexibility index (Phi) is 3.67. The van der Waals surface area contributed by atoms with Gasteiger partial charge in [0.25, 0.3) is 0 Å². The summed E-state index contributed by atoms with van der Waals surface area (Å²) in [5, 5.41) is 3.13. The molecule has 2 rings (SSSR count). The molecule has 1 saturated carbocycles. The molecule has 1 aromatic carbocycles. The van der Waals surface area contributed by atoms with Crippen molar-refractivity contribution in [2.75, 3.05) is 20.8 Å². The van der Waals surface area contributed by atoms with Crippen molar-refractivity contribution in [1.82, 2.24) is 5.32 Å². The van der Waals surface area contributed by atoms with Gasteiger partial charge in [0.05, 0.1) is 13.7 Å². The monoisotopic (exact) mass is 221 g/mol. The van der Waals surface area contributed by atoms with Gasteiger partial charge in [-0.05, 0) is 43.5 Å². The van der Waals surface area contributed by atoms with Crippen LogP contribution in [0, 0.1) is 5.92 Å². The fourth-order valence-corrected chi connectivity index (χ4v) is 1.64. The maximum absolute atomic E-state index is 5.79. The van der Waals surface area contributed by atoms with Crippen LogP contribution in [0.5, 0.6) is 11.5 Å². The number of ether oxygens (including phenoxy) is 2. The molecule has 0 bridgehead atoms. The van der Waals surface area contributed by atoms with Crippen LogP contribution < -0.4 is 14.8 Å². The Hall–Kier alpha value is -1.22. The molecule has 0 amide bonds. The van der Waals surface area contributed by atoms with Gasteiger partial charge in [0, 0.05) is 6.54 Å². The van der Waals surface area contributed by atoms with Gasteiger partial charge in [-0.1, -0.05) is 6.07 Å². The Morgan fingerprint density at radius 2 is 2.12 bits per heavy atom. The first-order chi connectivity index (χ1) is 7.83. The maximum atomic E-state index is 5.79. The van der Waals surface area contributed by atoms with Crippen molar-refractivity contribution in [2.24, 2.45) is 5.92 Å². The third-order valence-electron chi connectivity index (χ3n) is 2.78. The maximum Gasteiger partial charge on any atom is 0.161 e. The van der Waals surface area contributed by atoms with Crippen molar-refractivity contribution in [3.8, 4) is 11.5 Å². The smallest absolute Gasteiger partial charge is 0.161 e. The predicted octanol–water partition coefficient (Wildman–Crippen LogP) is 2.20. The molecule has 0 heterocycles. The van der Waals surface area contributed by atoms with Gasteiger partial charge in [-0.2, -0.15) is 0 Å². The Bertz CT molecular complexity index is 348. The Balaban J connectivity index is 2.06. The van der Waals surface area contributed by atoms with Gasteiger partial charge in [-0.15, -0.1) is 0 Å². The lowest BCUT2D eigenvalue weighted by atomic mass is 10.2. The number of methoxy groups -OCH3 is 1. The Morgan fingerprint density at radius 3 is 2.75 bits per heavy atom. The van der Waals surface area contributed by atoms with Gasteiger partial charge in [0.15, 0.2) is 11.5 Å². The van der Waals surface area contributed by atoms with Crippen molar-refractivity contribution >= 4 is 0 Å². The second-order valence-electron chi connectivity index (χ2n) is 4.27. The molecule has 1 fully saturated rings. The second-order valence-corrected chi connectivity index (χ2v) is 4.27. The zero-order valence-corrected chi connectivity index (χ0v) is 9.95. The minimum absolute atomic E-state index is 0.762. The van der Waals surface area contributed by atoms with E-state index in [2.05, 4.69) is 17.4 Å². The highest BCUT2D eigenvalue weighted by Crippen LogP contribution is 2.33. The molecule has 1 N–H and O–H groups in total. The molecule has 0 radical (unpaired) electrons. The van der Waals surface area contributed by atoms with Crippen LogP contribution in [-0.2, 0) is 6.54 Å². The van der Waals surface area contributed by atoms with Gasteiger partial charge in [-0.25, -0.2) is 0 Å². The molecule has 1 aliphatic rings. The molecule has 0 unspecified atom stereocenters. The number of hydrogen-bond donors (Lipinski definition) is 1. The molecule has 3 heteroatoms. The van der Waals surface area contributed by atoms with Gasteiger partial charge >= 0.3 is 0 Å². The van der Waals surface area contributed by atoms with Crippen molar-refractivity contribution in [3.05, 3.63) is 23.8 Å². The van der Waals surface area contributed by atoms with E-state index in [9.17, 15) is 0 Å². The molecule has 0 saturated heterocycles. The standard InChI is InChI=1S/C13H19NO2/c1-14-8-11-5-6-12(15-2)13(7-11)16-9-10-3-4-10/h5-7,10,14H,3-4,8-9H2,1-2H3. The largest absolute Gasteiger partial charge is 0.493 e. The minimum atomic E-state index is 0.762. The fourth-order valence-electron chi connectivity index (χ4n) is 1.64. The van der Waals surface area contributed by atoms with Gasteiger partial charge in [0.2, 0.25) is 0 Å². The first kappa shape index (κ1) is 11.3. The molecule has 0 atom stereocenters. The SMILES string of the molecule is CNCc1ccc(OC)c(OCC2CC2)c1. The summed E-state index contributed by atoms with van der Waals surface area (Å²) in [5.41, 5.74) is 1.22. The van der Waals surface area contributed by atoms with Crippen LogP contribution in [0.15, 0.2) is 18.2 Å². The van der Waals surface area contributed by atoms with Gasteiger partial charge in [-0.3, -0.25) is 0 Å². The van der Waals surface area contributed by atoms with Crippen LogP contribution >= 0.6 is 0 Å². The summed E-state index contributed by atoms with van der Waals surface area (Å²) in [7, 11) is 3.62. The first-order valence-corrected chi connectivity index (χ1v) is 5.78. The molecule has 1 aliphatic carbocycles. The first-order valence-electron chi connectivity index (χ1n) is 5.78. The highest BCUT2D eigenvalue weighted by Gasteiger charge is 2.22. The van der Waals surface area contributed by atoms with E-state index in [0.717, 1.165) is 30.6 Å². The van der Waals surface area contributed by atoms with E-state index in [-0.39, 0.29) is 0 Å². The number of rotatable bonds is 6. The quantitative estimate of drug-likeness (QED) is 0.799. The topological polar surface area (TPSA) is 30.5 Å². The van der Waals surface area contributed by atoms with Crippen LogP contribution in [-0.4, -0.2) is 20.8 Å². The molecule has 3 nitrogen and oxygen atoms in total. The highest BCUT2D eigenvalue weighted by molar-refractivity contribution is 5.43. The fraction of sp³-hybridized carbons (Fsp3) is 0.538. The second kappa shape index (κ2) is 5.21. The molecule has 0 spiro atoms. The minimum Gasteiger partial charge on any atom is -0.493 e. The Labute approximate surface area is 96.8 Å². The molecular formula is C13H19NO2. The summed E-state index contributed by atoms with van der Waals surface area (Å²) < 4.78 is 11.1. The highest BCUT2D eigenvalue weighted by atomic mass is 16.5. The average Bonchev–Trinajstić information content (AvgIpc) is 3.11. The zero-order valence-electron chi connectivity index (χ0n) is 9.95. The summed E-state index contributed by atoms with van der Waals surface area (Å²) in [4.78, 5) is 0. The predicted molar refractivity (Wildman–Crippen MR) is 64.0 cm³/mol. The Morgan fingerprint density at radius 1 is 1.31 bits per heavy atom. The van der Waals surface area contributed by atoms with Crippen molar-refractivity contribution in [1.29, 1.82) is 0 Å². The average molecular weight is 221 g/mol. The molecule has 0 aromatic heterocycles. The van der Waals surface area contributed by atoms with Crippen LogP contribution in [0.4, 0.5) is 0 Å². The summed E-state index contributed by atoms with van der Waals surface area (Å²) in [6, 6.07) is 6.08. The van der Waals surface area contributed by atoms with Crippen LogP contribution in [0.25, 0.3) is 0 Å². The van der Waals surface area contributed by atoms with E-state index in [1.807, 2.05) is 13.1 Å². The van der Waals surface area contributed by atoms with Crippen molar-refractivity contribution in [3.63, 3.8) is 0 Å². The van der Waals surface area contributed by atoms with E-state index >= 15 is 0 Å². The van der Waals surface area contributed by atoms with E-state index in [0.29, 0.717) is 0 Å². The van der Waals surface area contributed by atoms with E-state index in [1.54, 1.807) is 7.11 Å². The third-order valence-corrected chi connectivity index (χ3v) is 2.78. The number of nitrogens with one attached hydrogen (secondary N) is 1. The summed E-state index contributed by atoms with van der Waals surface area (Å²) in [5.74, 6) is 2.44. The van der Waals surface area contributed by atoms with E-state index < -0.39 is 0 Å². The summed E-state index contributed by atoms with van der Waals surface area (Å²) in [6.07, 6.45) is 2.61. The molecule has 1 aromatic rings.